The van der Waals surface area contributed by atoms with Crippen molar-refractivity contribution in [2.24, 2.45) is 0 Å². The van der Waals surface area contributed by atoms with Crippen LogP contribution in [0.3, 0.4) is 0 Å². The molecular weight excluding hydrogens is 293 g/mol. The van der Waals surface area contributed by atoms with Gasteiger partial charge in [0, 0.05) is 17.5 Å². The van der Waals surface area contributed by atoms with E-state index in [2.05, 4.69) is 5.32 Å². The third-order valence-corrected chi connectivity index (χ3v) is 3.58. The van der Waals surface area contributed by atoms with Gasteiger partial charge in [0.05, 0.1) is 5.75 Å². The van der Waals surface area contributed by atoms with Crippen molar-refractivity contribution in [3.8, 4) is 0 Å². The van der Waals surface area contributed by atoms with E-state index in [-0.39, 0.29) is 17.5 Å². The van der Waals surface area contributed by atoms with E-state index in [9.17, 15) is 17.6 Å². The molecule has 1 amide bonds. The number of nitrogens with one attached hydrogen (secondary N) is 1. The van der Waals surface area contributed by atoms with Crippen LogP contribution in [0, 0.1) is 5.82 Å². The Kier molecular flexibility index (Phi) is 4.37. The quantitative estimate of drug-likeness (QED) is 0.944. The first-order chi connectivity index (χ1) is 9.83. The SMILES string of the molecule is CS(=O)(=O)Cc1cccc(C(=O)Nc2ccc(F)cc2)c1. The molecule has 0 heterocycles. The lowest BCUT2D eigenvalue weighted by Gasteiger charge is -2.07. The van der Waals surface area contributed by atoms with E-state index in [0.717, 1.165) is 6.26 Å². The molecule has 0 fully saturated rings. The number of hydrogen-bond donors (Lipinski definition) is 1. The van der Waals surface area contributed by atoms with Crippen molar-refractivity contribution >= 4 is 21.4 Å². The Hall–Kier alpha value is -2.21. The standard InChI is InChI=1S/C15H14FNO3S/c1-21(19,20)10-11-3-2-4-12(9-11)15(18)17-14-7-5-13(16)6-8-14/h2-9H,10H2,1H3,(H,17,18). The zero-order valence-corrected chi connectivity index (χ0v) is 12.2. The van der Waals surface area contributed by atoms with Crippen LogP contribution in [0.1, 0.15) is 15.9 Å². The Labute approximate surface area is 122 Å². The third kappa shape index (κ3) is 4.68. The Morgan fingerprint density at radius 1 is 1.14 bits per heavy atom. The van der Waals surface area contributed by atoms with Gasteiger partial charge in [0.2, 0.25) is 0 Å². The van der Waals surface area contributed by atoms with Crippen LogP contribution in [-0.2, 0) is 15.6 Å². The predicted octanol–water partition coefficient (Wildman–Crippen LogP) is 2.62. The fourth-order valence-electron chi connectivity index (χ4n) is 1.84. The lowest BCUT2D eigenvalue weighted by atomic mass is 10.1. The van der Waals surface area contributed by atoms with Crippen LogP contribution >= 0.6 is 0 Å². The molecule has 0 aromatic heterocycles. The zero-order chi connectivity index (χ0) is 15.5. The Morgan fingerprint density at radius 3 is 2.43 bits per heavy atom. The van der Waals surface area contributed by atoms with E-state index in [1.165, 1.54) is 30.3 Å². The molecule has 0 radical (unpaired) electrons. The van der Waals surface area contributed by atoms with E-state index < -0.39 is 9.84 Å². The van der Waals surface area contributed by atoms with Crippen LogP contribution in [-0.4, -0.2) is 20.6 Å². The van der Waals surface area contributed by atoms with Gasteiger partial charge in [-0.25, -0.2) is 12.8 Å². The topological polar surface area (TPSA) is 63.2 Å². The van der Waals surface area contributed by atoms with Crippen molar-refractivity contribution in [3.05, 3.63) is 65.5 Å². The van der Waals surface area contributed by atoms with Gasteiger partial charge < -0.3 is 5.32 Å². The number of hydrogen-bond acceptors (Lipinski definition) is 3. The molecule has 0 aliphatic rings. The number of carbonyl (C=O) groups is 1. The summed E-state index contributed by atoms with van der Waals surface area (Å²) in [7, 11) is -3.16. The van der Waals surface area contributed by atoms with Crippen molar-refractivity contribution in [3.63, 3.8) is 0 Å². The minimum atomic E-state index is -3.16. The minimum absolute atomic E-state index is 0.120. The molecule has 2 aromatic carbocycles. The van der Waals surface area contributed by atoms with Gasteiger partial charge in [-0.3, -0.25) is 4.79 Å². The normalized spacial score (nSPS) is 11.1. The van der Waals surface area contributed by atoms with Crippen molar-refractivity contribution in [1.29, 1.82) is 0 Å². The van der Waals surface area contributed by atoms with E-state index in [1.54, 1.807) is 18.2 Å². The Morgan fingerprint density at radius 2 is 1.81 bits per heavy atom. The van der Waals surface area contributed by atoms with Gasteiger partial charge in [-0.2, -0.15) is 0 Å². The second-order valence-electron chi connectivity index (χ2n) is 4.73. The maximum atomic E-state index is 12.8. The maximum absolute atomic E-state index is 12.8. The summed E-state index contributed by atoms with van der Waals surface area (Å²) in [6, 6.07) is 11.8. The lowest BCUT2D eigenvalue weighted by Crippen LogP contribution is -2.12. The predicted molar refractivity (Wildman–Crippen MR) is 79.3 cm³/mol. The summed E-state index contributed by atoms with van der Waals surface area (Å²) in [6.45, 7) is 0. The maximum Gasteiger partial charge on any atom is 0.255 e. The summed E-state index contributed by atoms with van der Waals surface area (Å²) in [5, 5.41) is 2.62. The fraction of sp³-hybridized carbons (Fsp3) is 0.133. The molecule has 2 aromatic rings. The van der Waals surface area contributed by atoms with Gasteiger partial charge in [0.15, 0.2) is 9.84 Å². The molecule has 0 atom stereocenters. The summed E-state index contributed by atoms with van der Waals surface area (Å²) < 4.78 is 35.3. The number of halogens is 1. The molecule has 0 bridgehead atoms. The van der Waals surface area contributed by atoms with Crippen molar-refractivity contribution < 1.29 is 17.6 Å². The summed E-state index contributed by atoms with van der Waals surface area (Å²) >= 11 is 0. The first-order valence-corrected chi connectivity index (χ1v) is 8.23. The highest BCUT2D eigenvalue weighted by molar-refractivity contribution is 7.89. The van der Waals surface area contributed by atoms with E-state index in [4.69, 9.17) is 0 Å². The first-order valence-electron chi connectivity index (χ1n) is 6.17. The van der Waals surface area contributed by atoms with Crippen molar-refractivity contribution in [2.45, 2.75) is 5.75 Å². The molecule has 0 saturated heterocycles. The molecule has 2 rings (SSSR count). The molecule has 110 valence electrons. The molecule has 0 aliphatic carbocycles. The lowest BCUT2D eigenvalue weighted by molar-refractivity contribution is 0.102. The Bertz CT molecular complexity index is 755. The van der Waals surface area contributed by atoms with Gasteiger partial charge in [-0.15, -0.1) is 0 Å². The molecule has 0 spiro atoms. The Balaban J connectivity index is 2.16. The first kappa shape index (κ1) is 15.2. The monoisotopic (exact) mass is 307 g/mol. The van der Waals surface area contributed by atoms with Crippen LogP contribution in [0.25, 0.3) is 0 Å². The molecule has 0 aliphatic heterocycles. The van der Waals surface area contributed by atoms with Crippen LogP contribution in [0.4, 0.5) is 10.1 Å². The molecule has 0 saturated carbocycles. The fourth-order valence-corrected chi connectivity index (χ4v) is 2.63. The van der Waals surface area contributed by atoms with Gasteiger partial charge in [-0.1, -0.05) is 12.1 Å². The van der Waals surface area contributed by atoms with Gasteiger partial charge in [0.1, 0.15) is 5.82 Å². The van der Waals surface area contributed by atoms with Gasteiger partial charge >= 0.3 is 0 Å². The van der Waals surface area contributed by atoms with Crippen LogP contribution in [0.2, 0.25) is 0 Å². The zero-order valence-electron chi connectivity index (χ0n) is 11.3. The van der Waals surface area contributed by atoms with Crippen LogP contribution < -0.4 is 5.32 Å². The van der Waals surface area contributed by atoms with Gasteiger partial charge in [0.25, 0.3) is 5.91 Å². The molecule has 1 N–H and O–H groups in total. The molecular formula is C15H14FNO3S. The summed E-state index contributed by atoms with van der Waals surface area (Å²) in [5.41, 5.74) is 1.36. The number of anilines is 1. The molecule has 4 nitrogen and oxygen atoms in total. The smallest absolute Gasteiger partial charge is 0.255 e. The highest BCUT2D eigenvalue weighted by Crippen LogP contribution is 2.13. The number of rotatable bonds is 4. The second-order valence-corrected chi connectivity index (χ2v) is 6.87. The van der Waals surface area contributed by atoms with Crippen molar-refractivity contribution in [1.82, 2.24) is 0 Å². The number of benzene rings is 2. The molecule has 6 heteroatoms. The van der Waals surface area contributed by atoms with Crippen LogP contribution in [0.5, 0.6) is 0 Å². The summed E-state index contributed by atoms with van der Waals surface area (Å²) in [6.07, 6.45) is 1.14. The van der Waals surface area contributed by atoms with Crippen LogP contribution in [0.15, 0.2) is 48.5 Å². The number of sulfone groups is 1. The largest absolute Gasteiger partial charge is 0.322 e. The average molecular weight is 307 g/mol. The summed E-state index contributed by atoms with van der Waals surface area (Å²) in [4.78, 5) is 12.1. The third-order valence-electron chi connectivity index (χ3n) is 2.72. The average Bonchev–Trinajstić information content (AvgIpc) is 2.40. The van der Waals surface area contributed by atoms with E-state index in [1.807, 2.05) is 0 Å². The highest BCUT2D eigenvalue weighted by atomic mass is 32.2. The van der Waals surface area contributed by atoms with E-state index >= 15 is 0 Å². The highest BCUT2D eigenvalue weighted by Gasteiger charge is 2.09. The second kappa shape index (κ2) is 6.05. The number of carbonyl (C=O) groups excluding carboxylic acids is 1. The molecule has 0 unspecified atom stereocenters. The molecule has 21 heavy (non-hydrogen) atoms. The van der Waals surface area contributed by atoms with Crippen molar-refractivity contribution in [2.75, 3.05) is 11.6 Å². The van der Waals surface area contributed by atoms with Gasteiger partial charge in [-0.05, 0) is 42.0 Å². The summed E-state index contributed by atoms with van der Waals surface area (Å²) in [5.74, 6) is -0.884. The number of amides is 1. The minimum Gasteiger partial charge on any atom is -0.322 e. The van der Waals surface area contributed by atoms with E-state index in [0.29, 0.717) is 16.8 Å².